The van der Waals surface area contributed by atoms with Crippen LogP contribution in [0.1, 0.15) is 22.3 Å². The third-order valence-corrected chi connectivity index (χ3v) is 6.96. The number of benzene rings is 3. The molecule has 0 saturated carbocycles. The fourth-order valence-electron chi connectivity index (χ4n) is 4.16. The molecule has 3 aromatic carbocycles. The van der Waals surface area contributed by atoms with Crippen molar-refractivity contribution in [1.82, 2.24) is 4.47 Å². The Morgan fingerprint density at radius 3 is 2.04 bits per heavy atom. The number of rotatable bonds is 0. The number of aryl methyl sites for hydroxylation is 1. The van der Waals surface area contributed by atoms with Gasteiger partial charge in [0.05, 0.1) is 4.90 Å². The lowest BCUT2D eigenvalue weighted by atomic mass is 9.83. The molecule has 1 aliphatic heterocycles. The zero-order chi connectivity index (χ0) is 18.1. The summed E-state index contributed by atoms with van der Waals surface area (Å²) in [6, 6.07) is 21.5. The monoisotopic (exact) mass is 363 g/mol. The molecule has 1 spiro atoms. The quantitative estimate of drug-likeness (QED) is 0.610. The summed E-state index contributed by atoms with van der Waals surface area (Å²) in [6.07, 6.45) is 0. The maximum Gasteiger partial charge on any atom is 0.265 e. The molecule has 5 heteroatoms. The highest BCUT2D eigenvalue weighted by atomic mass is 32.2. The molecule has 3 aromatic rings. The van der Waals surface area contributed by atoms with Gasteiger partial charge in [0.2, 0.25) is 0 Å². The summed E-state index contributed by atoms with van der Waals surface area (Å²) in [5, 5.41) is 0. The minimum Gasteiger partial charge on any atom is -0.263 e. The predicted octanol–water partition coefficient (Wildman–Crippen LogP) is 3.83. The van der Waals surface area contributed by atoms with Crippen LogP contribution in [-0.2, 0) is 20.5 Å². The normalized spacial score (nSPS) is 19.0. The highest BCUT2D eigenvalue weighted by molar-refractivity contribution is 7.89. The maximum absolute atomic E-state index is 12.9. The SMILES string of the molecule is Cc1ccc2c(c1)C1(ON(C)S2(=O)=O)c2ccccc2-c2ccccc21. The molecule has 0 bridgehead atoms. The van der Waals surface area contributed by atoms with E-state index >= 15 is 0 Å². The smallest absolute Gasteiger partial charge is 0.263 e. The number of hydrogen-bond donors (Lipinski definition) is 0. The molecule has 0 amide bonds. The topological polar surface area (TPSA) is 46.6 Å². The molecule has 0 radical (unpaired) electrons. The Balaban J connectivity index is 1.98. The minimum absolute atomic E-state index is 0.295. The van der Waals surface area contributed by atoms with Gasteiger partial charge < -0.3 is 0 Å². The summed E-state index contributed by atoms with van der Waals surface area (Å²) in [7, 11) is -2.23. The lowest BCUT2D eigenvalue weighted by molar-refractivity contribution is -0.152. The van der Waals surface area contributed by atoms with E-state index in [0.29, 0.717) is 10.5 Å². The van der Waals surface area contributed by atoms with Crippen molar-refractivity contribution in [2.24, 2.45) is 0 Å². The minimum atomic E-state index is -3.69. The molecule has 0 aromatic heterocycles. The largest absolute Gasteiger partial charge is 0.265 e. The summed E-state index contributed by atoms with van der Waals surface area (Å²) < 4.78 is 26.8. The van der Waals surface area contributed by atoms with Crippen molar-refractivity contribution >= 4 is 10.0 Å². The first-order valence-corrected chi connectivity index (χ1v) is 9.89. The van der Waals surface area contributed by atoms with Crippen LogP contribution < -0.4 is 0 Å². The van der Waals surface area contributed by atoms with Crippen molar-refractivity contribution in [3.8, 4) is 11.1 Å². The van der Waals surface area contributed by atoms with Gasteiger partial charge in [-0.3, -0.25) is 4.84 Å². The molecule has 0 saturated heterocycles. The Labute approximate surface area is 152 Å². The highest BCUT2D eigenvalue weighted by Gasteiger charge is 2.54. The van der Waals surface area contributed by atoms with Crippen LogP contribution in [0.5, 0.6) is 0 Å². The Kier molecular flexibility index (Phi) is 3.05. The van der Waals surface area contributed by atoms with Crippen molar-refractivity contribution in [3.63, 3.8) is 0 Å². The van der Waals surface area contributed by atoms with Crippen molar-refractivity contribution in [1.29, 1.82) is 0 Å². The van der Waals surface area contributed by atoms with Gasteiger partial charge in [-0.05, 0) is 24.1 Å². The third-order valence-electron chi connectivity index (χ3n) is 5.30. The third kappa shape index (κ3) is 1.77. The maximum atomic E-state index is 12.9. The second-order valence-electron chi connectivity index (χ2n) is 6.78. The van der Waals surface area contributed by atoms with Crippen LogP contribution in [0, 0.1) is 6.92 Å². The molecule has 130 valence electrons. The van der Waals surface area contributed by atoms with E-state index in [4.69, 9.17) is 4.84 Å². The number of sulfonamides is 1. The van der Waals surface area contributed by atoms with Gasteiger partial charge in [-0.1, -0.05) is 70.7 Å². The van der Waals surface area contributed by atoms with Crippen molar-refractivity contribution in [2.75, 3.05) is 7.05 Å². The van der Waals surface area contributed by atoms with E-state index < -0.39 is 15.6 Å². The first-order chi connectivity index (χ1) is 12.5. The van der Waals surface area contributed by atoms with Crippen LogP contribution in [0.3, 0.4) is 0 Å². The summed E-state index contributed by atoms with van der Waals surface area (Å²) in [5.41, 5.74) is 4.78. The van der Waals surface area contributed by atoms with Gasteiger partial charge in [0.25, 0.3) is 10.0 Å². The van der Waals surface area contributed by atoms with Gasteiger partial charge in [-0.2, -0.15) is 0 Å². The fraction of sp³-hybridized carbons (Fsp3) is 0.143. The Morgan fingerprint density at radius 1 is 0.846 bits per heavy atom. The first kappa shape index (κ1) is 15.8. The van der Waals surface area contributed by atoms with Gasteiger partial charge in [-0.25, -0.2) is 8.42 Å². The molecule has 0 atom stereocenters. The van der Waals surface area contributed by atoms with E-state index in [1.54, 1.807) is 6.07 Å². The van der Waals surface area contributed by atoms with Gasteiger partial charge in [-0.15, -0.1) is 0 Å². The lowest BCUT2D eigenvalue weighted by Gasteiger charge is -2.40. The molecule has 0 fully saturated rings. The molecule has 2 aliphatic rings. The van der Waals surface area contributed by atoms with E-state index in [-0.39, 0.29) is 0 Å². The predicted molar refractivity (Wildman–Crippen MR) is 99.0 cm³/mol. The van der Waals surface area contributed by atoms with Gasteiger partial charge in [0.15, 0.2) is 5.60 Å². The van der Waals surface area contributed by atoms with Gasteiger partial charge in [0, 0.05) is 23.7 Å². The number of fused-ring (bicyclic) bond motifs is 7. The summed E-state index contributed by atoms with van der Waals surface area (Å²) >= 11 is 0. The van der Waals surface area contributed by atoms with Gasteiger partial charge in [0.1, 0.15) is 0 Å². The molecule has 4 nitrogen and oxygen atoms in total. The van der Waals surface area contributed by atoms with E-state index in [2.05, 4.69) is 12.1 Å². The number of nitrogens with zero attached hydrogens (tertiary/aromatic N) is 1. The number of hydroxylamine groups is 1. The molecular weight excluding hydrogens is 346 g/mol. The van der Waals surface area contributed by atoms with Crippen LogP contribution in [0.15, 0.2) is 71.6 Å². The van der Waals surface area contributed by atoms with E-state index in [0.717, 1.165) is 32.3 Å². The van der Waals surface area contributed by atoms with Crippen LogP contribution >= 0.6 is 0 Å². The first-order valence-electron chi connectivity index (χ1n) is 8.45. The Bertz CT molecular complexity index is 1120. The van der Waals surface area contributed by atoms with Gasteiger partial charge >= 0.3 is 0 Å². The standard InChI is InChI=1S/C21H17NO3S/c1-14-11-12-20-19(13-14)21(25-22(2)26(20,23)24)17-9-5-3-7-15(17)16-8-4-6-10-18(16)21/h3-13H,1-2H3. The molecule has 1 aliphatic carbocycles. The Hall–Kier alpha value is -2.47. The molecule has 26 heavy (non-hydrogen) atoms. The van der Waals surface area contributed by atoms with E-state index in [1.165, 1.54) is 7.05 Å². The summed E-state index contributed by atoms with van der Waals surface area (Å²) in [6.45, 7) is 1.96. The van der Waals surface area contributed by atoms with E-state index in [9.17, 15) is 8.42 Å². The molecule has 0 unspecified atom stereocenters. The average Bonchev–Trinajstić information content (AvgIpc) is 2.92. The van der Waals surface area contributed by atoms with Crippen molar-refractivity contribution < 1.29 is 13.3 Å². The Morgan fingerprint density at radius 2 is 1.42 bits per heavy atom. The zero-order valence-corrected chi connectivity index (χ0v) is 15.2. The molecule has 5 rings (SSSR count). The fourth-order valence-corrected chi connectivity index (χ4v) is 5.36. The second kappa shape index (κ2) is 5.04. The molecular formula is C21H17NO3S. The zero-order valence-electron chi connectivity index (χ0n) is 14.4. The molecule has 1 heterocycles. The van der Waals surface area contributed by atoms with Crippen molar-refractivity contribution in [2.45, 2.75) is 17.4 Å². The van der Waals surface area contributed by atoms with Crippen LogP contribution in [0.2, 0.25) is 0 Å². The van der Waals surface area contributed by atoms with Crippen LogP contribution in [-0.4, -0.2) is 19.9 Å². The summed E-state index contributed by atoms with van der Waals surface area (Å²) in [4.78, 5) is 6.52. The van der Waals surface area contributed by atoms with Crippen LogP contribution in [0.4, 0.5) is 0 Å². The average molecular weight is 363 g/mol. The van der Waals surface area contributed by atoms with Crippen LogP contribution in [0.25, 0.3) is 11.1 Å². The molecule has 0 N–H and O–H groups in total. The highest BCUT2D eigenvalue weighted by Crippen LogP contribution is 2.56. The lowest BCUT2D eigenvalue weighted by Crippen LogP contribution is -2.45. The number of hydrogen-bond acceptors (Lipinski definition) is 3. The van der Waals surface area contributed by atoms with Crippen molar-refractivity contribution in [3.05, 3.63) is 89.0 Å². The second-order valence-corrected chi connectivity index (χ2v) is 8.68. The van der Waals surface area contributed by atoms with E-state index in [1.807, 2.05) is 55.5 Å². The summed E-state index contributed by atoms with van der Waals surface area (Å²) in [5.74, 6) is 0.